The first-order valence-electron chi connectivity index (χ1n) is 5.40. The Morgan fingerprint density at radius 1 is 1.27 bits per heavy atom. The Labute approximate surface area is 96.1 Å². The van der Waals surface area contributed by atoms with Crippen LogP contribution in [0.25, 0.3) is 0 Å². The molecule has 2 heterocycles. The van der Waals surface area contributed by atoms with Gasteiger partial charge in [0.05, 0.1) is 11.9 Å². The lowest BCUT2D eigenvalue weighted by atomic mass is 10.3. The Bertz CT molecular complexity index is 268. The zero-order valence-electron chi connectivity index (χ0n) is 9.44. The fourth-order valence-corrected chi connectivity index (χ4v) is 2.31. The molecule has 0 spiro atoms. The molecule has 0 atom stereocenters. The first-order valence-corrected chi connectivity index (χ1v) is 6.56. The van der Waals surface area contributed by atoms with Gasteiger partial charge in [-0.1, -0.05) is 13.8 Å². The summed E-state index contributed by atoms with van der Waals surface area (Å²) in [5, 5.41) is 0. The molecule has 84 valence electrons. The van der Waals surface area contributed by atoms with Gasteiger partial charge in [-0.15, -0.1) is 0 Å². The zero-order valence-corrected chi connectivity index (χ0v) is 10.3. The van der Waals surface area contributed by atoms with Crippen LogP contribution in [0.1, 0.15) is 13.8 Å². The summed E-state index contributed by atoms with van der Waals surface area (Å²) in [5.74, 6) is 3.02. The van der Waals surface area contributed by atoms with Crippen LogP contribution in [-0.4, -0.2) is 29.6 Å². The molecule has 1 fully saturated rings. The molecular formula is C11H19N3S. The number of anilines is 2. The highest BCUT2D eigenvalue weighted by molar-refractivity contribution is 7.99. The molecule has 1 saturated heterocycles. The van der Waals surface area contributed by atoms with Crippen LogP contribution in [0.4, 0.5) is 11.5 Å². The standard InChI is InChI=1S/C9H13N3S.C2H6/c10-9-2-1-8(7-11-9)12-3-5-13-6-4-12;1-2/h1-2,7H,3-6H2,(H2,10,11);1-2H3. The van der Waals surface area contributed by atoms with E-state index in [-0.39, 0.29) is 0 Å². The minimum atomic E-state index is 0.593. The number of thioether (sulfide) groups is 1. The molecule has 3 nitrogen and oxygen atoms in total. The number of nitrogens with zero attached hydrogens (tertiary/aromatic N) is 2. The van der Waals surface area contributed by atoms with Gasteiger partial charge in [0.1, 0.15) is 5.82 Å². The van der Waals surface area contributed by atoms with Crippen molar-refractivity contribution in [3.63, 3.8) is 0 Å². The predicted octanol–water partition coefficient (Wildman–Crippen LogP) is 2.24. The van der Waals surface area contributed by atoms with Gasteiger partial charge in [-0.25, -0.2) is 4.98 Å². The summed E-state index contributed by atoms with van der Waals surface area (Å²) in [4.78, 5) is 6.43. The van der Waals surface area contributed by atoms with Crippen LogP contribution in [0, 0.1) is 0 Å². The summed E-state index contributed by atoms with van der Waals surface area (Å²) < 4.78 is 0. The van der Waals surface area contributed by atoms with E-state index >= 15 is 0 Å². The SMILES string of the molecule is CC.Nc1ccc(N2CCSCC2)cn1. The molecule has 15 heavy (non-hydrogen) atoms. The molecule has 1 aliphatic rings. The third-order valence-corrected chi connectivity index (χ3v) is 3.09. The third-order valence-electron chi connectivity index (χ3n) is 2.15. The second-order valence-electron chi connectivity index (χ2n) is 3.04. The van der Waals surface area contributed by atoms with Crippen molar-refractivity contribution in [3.8, 4) is 0 Å². The molecule has 0 bridgehead atoms. The molecule has 1 aromatic heterocycles. The van der Waals surface area contributed by atoms with Gasteiger partial charge in [0.25, 0.3) is 0 Å². The molecule has 0 saturated carbocycles. The Morgan fingerprint density at radius 3 is 2.47 bits per heavy atom. The first kappa shape index (κ1) is 12.2. The number of aromatic nitrogens is 1. The minimum Gasteiger partial charge on any atom is -0.384 e. The van der Waals surface area contributed by atoms with E-state index < -0.39 is 0 Å². The van der Waals surface area contributed by atoms with E-state index in [0.717, 1.165) is 13.1 Å². The number of nitrogens with two attached hydrogens (primary N) is 1. The van der Waals surface area contributed by atoms with Crippen molar-refractivity contribution in [2.75, 3.05) is 35.2 Å². The van der Waals surface area contributed by atoms with E-state index in [0.29, 0.717) is 5.82 Å². The van der Waals surface area contributed by atoms with Crippen molar-refractivity contribution < 1.29 is 0 Å². The van der Waals surface area contributed by atoms with E-state index in [1.54, 1.807) is 0 Å². The number of pyridine rings is 1. The average Bonchev–Trinajstić information content (AvgIpc) is 2.34. The van der Waals surface area contributed by atoms with Crippen LogP contribution < -0.4 is 10.6 Å². The second kappa shape index (κ2) is 6.56. The fraction of sp³-hybridized carbons (Fsp3) is 0.545. The maximum Gasteiger partial charge on any atom is 0.123 e. The van der Waals surface area contributed by atoms with E-state index in [2.05, 4.69) is 9.88 Å². The highest BCUT2D eigenvalue weighted by Crippen LogP contribution is 2.18. The summed E-state index contributed by atoms with van der Waals surface area (Å²) in [6, 6.07) is 3.90. The summed E-state index contributed by atoms with van der Waals surface area (Å²) in [6.07, 6.45) is 1.85. The van der Waals surface area contributed by atoms with Gasteiger partial charge in [0, 0.05) is 24.6 Å². The van der Waals surface area contributed by atoms with Crippen LogP contribution in [0.15, 0.2) is 18.3 Å². The van der Waals surface area contributed by atoms with Crippen molar-refractivity contribution in [1.82, 2.24) is 4.98 Å². The van der Waals surface area contributed by atoms with Crippen molar-refractivity contribution in [1.29, 1.82) is 0 Å². The lowest BCUT2D eigenvalue weighted by Crippen LogP contribution is -2.32. The minimum absolute atomic E-state index is 0.593. The Kier molecular flexibility index (Phi) is 5.32. The summed E-state index contributed by atoms with van der Waals surface area (Å²) in [5.41, 5.74) is 6.71. The van der Waals surface area contributed by atoms with E-state index in [4.69, 9.17) is 5.73 Å². The number of nitrogen functional groups attached to an aromatic ring is 1. The van der Waals surface area contributed by atoms with Gasteiger partial charge < -0.3 is 10.6 Å². The van der Waals surface area contributed by atoms with E-state index in [1.165, 1.54) is 17.2 Å². The summed E-state index contributed by atoms with van der Waals surface area (Å²) in [6.45, 7) is 6.24. The van der Waals surface area contributed by atoms with Crippen molar-refractivity contribution in [2.45, 2.75) is 13.8 Å². The van der Waals surface area contributed by atoms with Gasteiger partial charge in [-0.3, -0.25) is 0 Å². The highest BCUT2D eigenvalue weighted by atomic mass is 32.2. The molecule has 0 aromatic carbocycles. The molecule has 0 aliphatic carbocycles. The quantitative estimate of drug-likeness (QED) is 0.796. The molecule has 0 radical (unpaired) electrons. The van der Waals surface area contributed by atoms with Gasteiger partial charge >= 0.3 is 0 Å². The van der Waals surface area contributed by atoms with Crippen molar-refractivity contribution >= 4 is 23.3 Å². The summed E-state index contributed by atoms with van der Waals surface area (Å²) in [7, 11) is 0. The normalized spacial score (nSPS) is 15.5. The van der Waals surface area contributed by atoms with Crippen LogP contribution in [-0.2, 0) is 0 Å². The number of hydrogen-bond donors (Lipinski definition) is 1. The molecule has 2 rings (SSSR count). The van der Waals surface area contributed by atoms with Crippen LogP contribution in [0.3, 0.4) is 0 Å². The van der Waals surface area contributed by atoms with Crippen LogP contribution in [0.2, 0.25) is 0 Å². The molecule has 0 unspecified atom stereocenters. The number of rotatable bonds is 1. The molecule has 1 aromatic rings. The lowest BCUT2D eigenvalue weighted by molar-refractivity contribution is 0.855. The zero-order chi connectivity index (χ0) is 11.1. The largest absolute Gasteiger partial charge is 0.384 e. The van der Waals surface area contributed by atoms with E-state index in [1.807, 2.05) is 43.9 Å². The summed E-state index contributed by atoms with van der Waals surface area (Å²) >= 11 is 2.01. The molecule has 2 N–H and O–H groups in total. The molecule has 1 aliphatic heterocycles. The monoisotopic (exact) mass is 225 g/mol. The van der Waals surface area contributed by atoms with Crippen LogP contribution in [0.5, 0.6) is 0 Å². The average molecular weight is 225 g/mol. The first-order chi connectivity index (χ1) is 7.36. The maximum absolute atomic E-state index is 5.52. The Hall–Kier alpha value is -0.900. The van der Waals surface area contributed by atoms with Crippen molar-refractivity contribution in [2.24, 2.45) is 0 Å². The highest BCUT2D eigenvalue weighted by Gasteiger charge is 2.10. The predicted molar refractivity (Wildman–Crippen MR) is 69.5 cm³/mol. The topological polar surface area (TPSA) is 42.1 Å². The van der Waals surface area contributed by atoms with Crippen LogP contribution >= 0.6 is 11.8 Å². The smallest absolute Gasteiger partial charge is 0.123 e. The molecule has 4 heteroatoms. The van der Waals surface area contributed by atoms with Gasteiger partial charge in [0.2, 0.25) is 0 Å². The Balaban J connectivity index is 0.000000531. The van der Waals surface area contributed by atoms with Gasteiger partial charge in [0.15, 0.2) is 0 Å². The van der Waals surface area contributed by atoms with Gasteiger partial charge in [-0.05, 0) is 12.1 Å². The van der Waals surface area contributed by atoms with Crippen molar-refractivity contribution in [3.05, 3.63) is 18.3 Å². The number of hydrogen-bond acceptors (Lipinski definition) is 4. The van der Waals surface area contributed by atoms with Gasteiger partial charge in [-0.2, -0.15) is 11.8 Å². The fourth-order valence-electron chi connectivity index (χ4n) is 1.41. The Morgan fingerprint density at radius 2 is 1.93 bits per heavy atom. The maximum atomic E-state index is 5.52. The molecular weight excluding hydrogens is 206 g/mol. The molecule has 0 amide bonds. The second-order valence-corrected chi connectivity index (χ2v) is 4.27. The lowest BCUT2D eigenvalue weighted by Gasteiger charge is -2.28. The third kappa shape index (κ3) is 3.63. The van der Waals surface area contributed by atoms with E-state index in [9.17, 15) is 0 Å².